The maximum atomic E-state index is 12.4. The summed E-state index contributed by atoms with van der Waals surface area (Å²) in [6, 6.07) is 0. The fourth-order valence-corrected chi connectivity index (χ4v) is 2.60. The number of halogens is 2. The van der Waals surface area contributed by atoms with E-state index in [1.54, 1.807) is 0 Å². The molecule has 0 radical (unpaired) electrons. The van der Waals surface area contributed by atoms with Gasteiger partial charge in [0.15, 0.2) is 0 Å². The summed E-state index contributed by atoms with van der Waals surface area (Å²) in [6.07, 6.45) is 2.24. The average molecular weight is 292 g/mol. The molecular weight excluding hydrogens is 270 g/mol. The highest BCUT2D eigenvalue weighted by molar-refractivity contribution is 5.70. The molecule has 2 saturated carbocycles. The Morgan fingerprint density at radius 2 is 0.900 bits per heavy atom. The van der Waals surface area contributed by atoms with Gasteiger partial charge in [0.1, 0.15) is 12.3 Å². The van der Waals surface area contributed by atoms with E-state index >= 15 is 0 Å². The van der Waals surface area contributed by atoms with E-state index < -0.39 is 24.3 Å². The maximum absolute atomic E-state index is 12.4. The van der Waals surface area contributed by atoms with Crippen molar-refractivity contribution in [1.82, 2.24) is 0 Å². The second-order valence-electron chi connectivity index (χ2n) is 5.57. The van der Waals surface area contributed by atoms with Gasteiger partial charge in [-0.2, -0.15) is 0 Å². The number of carbonyl (C=O) groups is 2. The lowest BCUT2D eigenvalue weighted by Crippen LogP contribution is -2.21. The number of carboxylic acids is 2. The predicted molar refractivity (Wildman–Crippen MR) is 69.0 cm³/mol. The first-order valence-electron chi connectivity index (χ1n) is 7.14. The molecule has 0 bridgehead atoms. The Hall–Kier alpha value is -1.20. The molecule has 2 aliphatic rings. The van der Waals surface area contributed by atoms with E-state index in [1.807, 2.05) is 0 Å². The number of alkyl halides is 2. The quantitative estimate of drug-likeness (QED) is 0.819. The van der Waals surface area contributed by atoms with Crippen molar-refractivity contribution in [1.29, 1.82) is 0 Å². The minimum absolute atomic E-state index is 0.285. The van der Waals surface area contributed by atoms with E-state index in [-0.39, 0.29) is 11.8 Å². The third kappa shape index (κ3) is 5.84. The molecule has 0 aliphatic heterocycles. The van der Waals surface area contributed by atoms with E-state index in [0.717, 1.165) is 0 Å². The molecule has 2 rings (SSSR count). The molecule has 2 N–H and O–H groups in total. The second kappa shape index (κ2) is 8.17. The van der Waals surface area contributed by atoms with E-state index in [4.69, 9.17) is 10.2 Å². The fourth-order valence-electron chi connectivity index (χ4n) is 2.60. The van der Waals surface area contributed by atoms with Gasteiger partial charge in [0.25, 0.3) is 0 Å². The van der Waals surface area contributed by atoms with Crippen LogP contribution in [0.15, 0.2) is 0 Å². The highest BCUT2D eigenvalue weighted by Crippen LogP contribution is 2.26. The summed E-state index contributed by atoms with van der Waals surface area (Å²) in [7, 11) is 0. The van der Waals surface area contributed by atoms with Crippen molar-refractivity contribution >= 4 is 11.9 Å². The molecule has 2 fully saturated rings. The van der Waals surface area contributed by atoms with E-state index in [0.29, 0.717) is 51.4 Å². The molecule has 2 aliphatic carbocycles. The van der Waals surface area contributed by atoms with Gasteiger partial charge in [0.2, 0.25) is 0 Å². The molecule has 0 aromatic rings. The zero-order valence-electron chi connectivity index (χ0n) is 11.4. The zero-order valence-corrected chi connectivity index (χ0v) is 11.4. The first kappa shape index (κ1) is 16.9. The average Bonchev–Trinajstić information content (AvgIpc) is 2.40. The van der Waals surface area contributed by atoms with Gasteiger partial charge >= 0.3 is 11.9 Å². The van der Waals surface area contributed by atoms with E-state index in [2.05, 4.69) is 0 Å². The molecule has 0 spiro atoms. The molecule has 0 atom stereocenters. The van der Waals surface area contributed by atoms with Crippen LogP contribution in [0.1, 0.15) is 51.4 Å². The minimum Gasteiger partial charge on any atom is -0.481 e. The van der Waals surface area contributed by atoms with Crippen LogP contribution in [0.3, 0.4) is 0 Å². The lowest BCUT2D eigenvalue weighted by molar-refractivity contribution is -0.144. The standard InChI is InChI=1S/2C7H11FO2/c2*8-6-3-1-5(2-4-6)7(9)10/h2*5-6H,1-4H2,(H,9,10). The summed E-state index contributed by atoms with van der Waals surface area (Å²) in [6.45, 7) is 0. The van der Waals surface area contributed by atoms with Crippen LogP contribution in [0.25, 0.3) is 0 Å². The zero-order chi connectivity index (χ0) is 15.1. The maximum Gasteiger partial charge on any atom is 0.306 e. The smallest absolute Gasteiger partial charge is 0.306 e. The van der Waals surface area contributed by atoms with Gasteiger partial charge in [-0.3, -0.25) is 9.59 Å². The Morgan fingerprint density at radius 1 is 0.650 bits per heavy atom. The molecule has 4 nitrogen and oxygen atoms in total. The summed E-state index contributed by atoms with van der Waals surface area (Å²) in [5.41, 5.74) is 0. The molecular formula is C14H22F2O4. The molecule has 0 saturated heterocycles. The number of hydrogen-bond acceptors (Lipinski definition) is 2. The van der Waals surface area contributed by atoms with Crippen LogP contribution in [0.2, 0.25) is 0 Å². The number of hydrogen-bond donors (Lipinski definition) is 2. The van der Waals surface area contributed by atoms with Crippen LogP contribution < -0.4 is 0 Å². The fraction of sp³-hybridized carbons (Fsp3) is 0.857. The van der Waals surface area contributed by atoms with Crippen molar-refractivity contribution < 1.29 is 28.6 Å². The monoisotopic (exact) mass is 292 g/mol. The highest BCUT2D eigenvalue weighted by Gasteiger charge is 2.25. The van der Waals surface area contributed by atoms with Crippen molar-refractivity contribution in [2.75, 3.05) is 0 Å². The first-order chi connectivity index (χ1) is 9.40. The van der Waals surface area contributed by atoms with Crippen LogP contribution >= 0.6 is 0 Å². The molecule has 116 valence electrons. The molecule has 0 aromatic heterocycles. The summed E-state index contributed by atoms with van der Waals surface area (Å²) >= 11 is 0. The Balaban J connectivity index is 0.000000200. The van der Waals surface area contributed by atoms with Gasteiger partial charge in [-0.05, 0) is 51.4 Å². The number of carboxylic acid groups (broad SMARTS) is 2. The highest BCUT2D eigenvalue weighted by atomic mass is 19.1. The van der Waals surface area contributed by atoms with Crippen molar-refractivity contribution in [3.8, 4) is 0 Å². The van der Waals surface area contributed by atoms with Gasteiger partial charge in [0, 0.05) is 0 Å². The summed E-state index contributed by atoms with van der Waals surface area (Å²) in [5.74, 6) is -2.11. The Kier molecular flexibility index (Phi) is 6.88. The SMILES string of the molecule is O=C(O)C1CCC(F)CC1.O=C(O)C1CCC(F)CC1. The lowest BCUT2D eigenvalue weighted by Gasteiger charge is -2.20. The van der Waals surface area contributed by atoms with Gasteiger partial charge in [-0.25, -0.2) is 8.78 Å². The van der Waals surface area contributed by atoms with Gasteiger partial charge in [0.05, 0.1) is 11.8 Å². The van der Waals surface area contributed by atoms with Crippen molar-refractivity contribution in [3.63, 3.8) is 0 Å². The van der Waals surface area contributed by atoms with Gasteiger partial charge in [-0.1, -0.05) is 0 Å². The van der Waals surface area contributed by atoms with Gasteiger partial charge < -0.3 is 10.2 Å². The predicted octanol–water partition coefficient (Wildman–Crippen LogP) is 3.20. The number of rotatable bonds is 2. The van der Waals surface area contributed by atoms with Crippen LogP contribution in [-0.2, 0) is 9.59 Å². The summed E-state index contributed by atoms with van der Waals surface area (Å²) < 4.78 is 24.9. The van der Waals surface area contributed by atoms with Crippen molar-refractivity contribution in [2.24, 2.45) is 11.8 Å². The normalized spacial score (nSPS) is 33.7. The molecule has 0 aromatic carbocycles. The molecule has 0 heterocycles. The lowest BCUT2D eigenvalue weighted by atomic mass is 9.88. The van der Waals surface area contributed by atoms with Crippen LogP contribution in [0.4, 0.5) is 8.78 Å². The van der Waals surface area contributed by atoms with Crippen LogP contribution in [0, 0.1) is 11.8 Å². The molecule has 0 unspecified atom stereocenters. The van der Waals surface area contributed by atoms with Crippen LogP contribution in [0.5, 0.6) is 0 Å². The largest absolute Gasteiger partial charge is 0.481 e. The van der Waals surface area contributed by atoms with Crippen LogP contribution in [-0.4, -0.2) is 34.5 Å². The second-order valence-corrected chi connectivity index (χ2v) is 5.57. The van der Waals surface area contributed by atoms with E-state index in [1.165, 1.54) is 0 Å². The Bertz CT molecular complexity index is 287. The Morgan fingerprint density at radius 3 is 1.10 bits per heavy atom. The minimum atomic E-state index is -0.771. The third-order valence-corrected chi connectivity index (χ3v) is 4.01. The molecule has 20 heavy (non-hydrogen) atoms. The topological polar surface area (TPSA) is 74.6 Å². The summed E-state index contributed by atoms with van der Waals surface area (Å²) in [4.78, 5) is 20.7. The molecule has 6 heteroatoms. The third-order valence-electron chi connectivity index (χ3n) is 4.01. The van der Waals surface area contributed by atoms with Crippen molar-refractivity contribution in [2.45, 2.75) is 63.7 Å². The summed E-state index contributed by atoms with van der Waals surface area (Å²) in [5, 5.41) is 17.0. The van der Waals surface area contributed by atoms with Gasteiger partial charge in [-0.15, -0.1) is 0 Å². The van der Waals surface area contributed by atoms with Crippen molar-refractivity contribution in [3.05, 3.63) is 0 Å². The molecule has 0 amide bonds. The van der Waals surface area contributed by atoms with E-state index in [9.17, 15) is 18.4 Å². The first-order valence-corrected chi connectivity index (χ1v) is 7.14. The number of aliphatic carboxylic acids is 2. The Labute approximate surface area is 117 Å².